The molecule has 0 bridgehead atoms. The van der Waals surface area contributed by atoms with E-state index < -0.39 is 6.04 Å². The molecule has 0 fully saturated rings. The Morgan fingerprint density at radius 1 is 0.760 bits per heavy atom. The molecule has 0 N–H and O–H groups in total. The Kier molecular flexibility index (Phi) is 17.6. The van der Waals surface area contributed by atoms with E-state index in [2.05, 4.69) is 6.92 Å². The van der Waals surface area contributed by atoms with E-state index in [9.17, 15) is 15.3 Å². The van der Waals surface area contributed by atoms with Crippen LogP contribution in [-0.4, -0.2) is 29.1 Å². The second-order valence-electron chi connectivity index (χ2n) is 7.31. The Morgan fingerprint density at radius 2 is 1.16 bits per heavy atom. The van der Waals surface area contributed by atoms with Crippen LogP contribution < -0.4 is 0 Å². The van der Waals surface area contributed by atoms with Gasteiger partial charge in [0.15, 0.2) is 0 Å². The van der Waals surface area contributed by atoms with Crippen LogP contribution in [0.1, 0.15) is 110 Å². The van der Waals surface area contributed by atoms with E-state index >= 15 is 0 Å². The molecule has 0 rings (SSSR count). The molecular weight excluding hydrogens is 316 g/mol. The maximum absolute atomic E-state index is 11.8. The first-order valence-electron chi connectivity index (χ1n) is 10.7. The van der Waals surface area contributed by atoms with Crippen LogP contribution in [0.25, 0.3) is 0 Å². The summed E-state index contributed by atoms with van der Waals surface area (Å²) in [5, 5.41) is 23.3. The van der Waals surface area contributed by atoms with E-state index in [0.29, 0.717) is 13.0 Å². The molecule has 0 saturated heterocycles. The lowest BCUT2D eigenvalue weighted by Gasteiger charge is -2.34. The van der Waals surface area contributed by atoms with Crippen molar-refractivity contribution in [2.45, 2.75) is 116 Å². The number of nitro groups is 1. The lowest BCUT2D eigenvalue weighted by Crippen LogP contribution is -2.36. The van der Waals surface area contributed by atoms with Gasteiger partial charge in [0, 0.05) is 4.92 Å². The predicted molar refractivity (Wildman–Crippen MR) is 106 cm³/mol. The van der Waals surface area contributed by atoms with Crippen LogP contribution in [-0.2, 0) is 0 Å². The van der Waals surface area contributed by atoms with E-state index in [-0.39, 0.29) is 11.5 Å². The Bertz CT molecular complexity index is 301. The number of rotatable bonds is 19. The van der Waals surface area contributed by atoms with Gasteiger partial charge in [0.2, 0.25) is 6.54 Å². The Morgan fingerprint density at radius 3 is 1.52 bits per heavy atom. The third-order valence-electron chi connectivity index (χ3n) is 4.97. The lowest BCUT2D eigenvalue weighted by atomic mass is 10.0. The molecule has 0 aliphatic heterocycles. The van der Waals surface area contributed by atoms with Crippen LogP contribution in [0, 0.1) is 15.3 Å². The molecule has 0 amide bonds. The topological polar surface area (TPSA) is 69.4 Å². The zero-order valence-corrected chi connectivity index (χ0v) is 16.7. The maximum Gasteiger partial charge on any atom is 0.218 e. The normalized spacial score (nSPS) is 12.6. The summed E-state index contributed by atoms with van der Waals surface area (Å²) in [6, 6.07) is -0.461. The van der Waals surface area contributed by atoms with Crippen molar-refractivity contribution in [1.29, 1.82) is 0 Å². The van der Waals surface area contributed by atoms with Gasteiger partial charge >= 0.3 is 0 Å². The van der Waals surface area contributed by atoms with Crippen LogP contribution in [0.4, 0.5) is 0 Å². The van der Waals surface area contributed by atoms with Crippen molar-refractivity contribution in [3.8, 4) is 0 Å². The molecular formula is C20H41N2O3-. The Labute approximate surface area is 155 Å². The molecule has 0 aromatic rings. The van der Waals surface area contributed by atoms with Gasteiger partial charge in [0.05, 0.1) is 6.04 Å². The molecule has 1 atom stereocenters. The second-order valence-corrected chi connectivity index (χ2v) is 7.31. The number of hydrogen-bond acceptors (Lipinski definition) is 4. The van der Waals surface area contributed by atoms with E-state index in [1.165, 1.54) is 77.0 Å². The number of unbranched alkanes of at least 4 members (excludes halogenated alkanes) is 13. The standard InChI is InChI=1S/C20H41N2O3/c1-3-5-6-7-8-9-10-11-12-13-14-15-16-17-18-21(23)20(4-2)19-22(24)25/h20H,3-19H2,1-2H3/q-1. The first-order chi connectivity index (χ1) is 12.1. The Balaban J connectivity index is 3.31. The largest absolute Gasteiger partial charge is 0.785 e. The summed E-state index contributed by atoms with van der Waals surface area (Å²) in [5.41, 5.74) is 0. The fourth-order valence-electron chi connectivity index (χ4n) is 3.24. The van der Waals surface area contributed by atoms with Gasteiger partial charge < -0.3 is 10.3 Å². The fraction of sp³-hybridized carbons (Fsp3) is 1.00. The highest BCUT2D eigenvalue weighted by Crippen LogP contribution is 2.13. The van der Waals surface area contributed by atoms with Gasteiger partial charge in [-0.1, -0.05) is 97.3 Å². The van der Waals surface area contributed by atoms with Crippen LogP contribution in [0.15, 0.2) is 0 Å². The summed E-state index contributed by atoms with van der Waals surface area (Å²) in [5.74, 6) is 0. The Hall–Kier alpha value is -0.680. The molecule has 0 aliphatic rings. The number of hydroxylamine groups is 2. The minimum absolute atomic E-state index is 0.237. The first-order valence-corrected chi connectivity index (χ1v) is 10.7. The second kappa shape index (κ2) is 18.1. The highest BCUT2D eigenvalue weighted by atomic mass is 16.6. The molecule has 0 aliphatic carbocycles. The van der Waals surface area contributed by atoms with Gasteiger partial charge in [0.25, 0.3) is 0 Å². The monoisotopic (exact) mass is 357 g/mol. The van der Waals surface area contributed by atoms with Gasteiger partial charge in [-0.2, -0.15) is 0 Å². The number of hydrogen-bond donors (Lipinski definition) is 0. The van der Waals surface area contributed by atoms with Crippen molar-refractivity contribution < 1.29 is 4.92 Å². The molecule has 0 radical (unpaired) electrons. The molecule has 0 aromatic heterocycles. The summed E-state index contributed by atoms with van der Waals surface area (Å²) in [7, 11) is 0. The smallest absolute Gasteiger partial charge is 0.218 e. The van der Waals surface area contributed by atoms with Gasteiger partial charge in [-0.3, -0.25) is 10.1 Å². The zero-order chi connectivity index (χ0) is 18.8. The maximum atomic E-state index is 11.8. The first kappa shape index (κ1) is 24.3. The van der Waals surface area contributed by atoms with Crippen molar-refractivity contribution >= 4 is 0 Å². The van der Waals surface area contributed by atoms with E-state index in [1.54, 1.807) is 0 Å². The summed E-state index contributed by atoms with van der Waals surface area (Å²) >= 11 is 0. The molecule has 25 heavy (non-hydrogen) atoms. The average molecular weight is 358 g/mol. The fourth-order valence-corrected chi connectivity index (χ4v) is 3.24. The lowest BCUT2D eigenvalue weighted by molar-refractivity contribution is -0.486. The molecule has 0 spiro atoms. The summed E-state index contributed by atoms with van der Waals surface area (Å²) in [6.45, 7) is 4.29. The molecule has 5 heteroatoms. The minimum atomic E-state index is -0.461. The quantitative estimate of drug-likeness (QED) is 0.154. The predicted octanol–water partition coefficient (Wildman–Crippen LogP) is 6.32. The molecule has 1 unspecified atom stereocenters. The van der Waals surface area contributed by atoms with Crippen LogP contribution in [0.3, 0.4) is 0 Å². The van der Waals surface area contributed by atoms with Crippen molar-refractivity contribution in [3.05, 3.63) is 15.3 Å². The molecule has 5 nitrogen and oxygen atoms in total. The zero-order valence-electron chi connectivity index (χ0n) is 16.7. The summed E-state index contributed by atoms with van der Waals surface area (Å²) in [4.78, 5) is 10.1. The molecule has 0 saturated carbocycles. The van der Waals surface area contributed by atoms with Gasteiger partial charge in [0.1, 0.15) is 0 Å². The van der Waals surface area contributed by atoms with Crippen LogP contribution in [0.5, 0.6) is 0 Å². The van der Waals surface area contributed by atoms with E-state index in [4.69, 9.17) is 0 Å². The van der Waals surface area contributed by atoms with E-state index in [1.807, 2.05) is 6.92 Å². The van der Waals surface area contributed by atoms with Crippen LogP contribution in [0.2, 0.25) is 0 Å². The minimum Gasteiger partial charge on any atom is -0.785 e. The molecule has 0 heterocycles. The SMILES string of the molecule is CCCCCCCCCCCCCCCCN([O-])C(CC)C[N+](=O)[O-]. The van der Waals surface area contributed by atoms with Crippen LogP contribution >= 0.6 is 0 Å². The molecule has 150 valence electrons. The van der Waals surface area contributed by atoms with Gasteiger partial charge in [-0.15, -0.1) is 0 Å². The summed E-state index contributed by atoms with van der Waals surface area (Å²) < 4.78 is 0. The highest BCUT2D eigenvalue weighted by Gasteiger charge is 2.14. The summed E-state index contributed by atoms with van der Waals surface area (Å²) in [6.07, 6.45) is 18.6. The third-order valence-corrected chi connectivity index (χ3v) is 4.97. The molecule has 0 aromatic carbocycles. The van der Waals surface area contributed by atoms with Gasteiger partial charge in [-0.05, 0) is 19.4 Å². The highest BCUT2D eigenvalue weighted by molar-refractivity contribution is 4.69. The average Bonchev–Trinajstić information content (AvgIpc) is 2.59. The number of nitrogens with zero attached hydrogens (tertiary/aromatic N) is 2. The van der Waals surface area contributed by atoms with E-state index in [0.717, 1.165) is 17.9 Å². The van der Waals surface area contributed by atoms with Crippen molar-refractivity contribution in [3.63, 3.8) is 0 Å². The van der Waals surface area contributed by atoms with Crippen molar-refractivity contribution in [1.82, 2.24) is 5.06 Å². The third kappa shape index (κ3) is 16.5. The van der Waals surface area contributed by atoms with Gasteiger partial charge in [-0.25, -0.2) is 0 Å². The van der Waals surface area contributed by atoms with Crippen molar-refractivity contribution in [2.75, 3.05) is 13.1 Å². The van der Waals surface area contributed by atoms with Crippen molar-refractivity contribution in [2.24, 2.45) is 0 Å².